The molecule has 0 aromatic heterocycles. The summed E-state index contributed by atoms with van der Waals surface area (Å²) in [5.41, 5.74) is 0. The van der Waals surface area contributed by atoms with E-state index in [9.17, 15) is 27.2 Å². The van der Waals surface area contributed by atoms with Gasteiger partial charge in [0.15, 0.2) is 0 Å². The van der Waals surface area contributed by atoms with E-state index in [4.69, 9.17) is 0 Å². The number of carbonyl (C=O) groups excluding carboxylic acids is 2. The Balaban J connectivity index is 2.41. The van der Waals surface area contributed by atoms with E-state index in [0.717, 1.165) is 19.3 Å². The Hall–Kier alpha value is -1.60. The number of likely N-dealkylation sites (tertiary alicyclic amines) is 1. The lowest BCUT2D eigenvalue weighted by Crippen LogP contribution is -2.40. The van der Waals surface area contributed by atoms with Gasteiger partial charge in [0.1, 0.15) is 6.61 Å². The van der Waals surface area contributed by atoms with E-state index in [0.29, 0.717) is 13.1 Å². The van der Waals surface area contributed by atoms with Crippen LogP contribution in [-0.4, -0.2) is 42.6 Å². The molecule has 4 nitrogen and oxygen atoms in total. The molecule has 1 amide bonds. The minimum Gasteiger partial charge on any atom is -0.454 e. The predicted molar refractivity (Wildman–Crippen MR) is 56.6 cm³/mol. The van der Waals surface area contributed by atoms with Crippen molar-refractivity contribution in [2.45, 2.75) is 25.4 Å². The lowest BCUT2D eigenvalue weighted by molar-refractivity contribution is -0.160. The van der Waals surface area contributed by atoms with Crippen LogP contribution in [-0.2, 0) is 14.3 Å². The van der Waals surface area contributed by atoms with Gasteiger partial charge < -0.3 is 9.64 Å². The molecule has 0 aliphatic carbocycles. The van der Waals surface area contributed by atoms with Gasteiger partial charge in [-0.05, 0) is 25.3 Å². The second kappa shape index (κ2) is 6.53. The fourth-order valence-corrected chi connectivity index (χ4v) is 1.59. The number of nitrogens with zero attached hydrogens (tertiary/aromatic N) is 1. The molecule has 0 aromatic rings. The number of ether oxygens (including phenoxy) is 1. The first-order chi connectivity index (χ1) is 8.82. The molecule has 19 heavy (non-hydrogen) atoms. The van der Waals surface area contributed by atoms with Gasteiger partial charge in [-0.2, -0.15) is 13.2 Å². The summed E-state index contributed by atoms with van der Waals surface area (Å²) < 4.78 is 51.9. The van der Waals surface area contributed by atoms with Gasteiger partial charge in [-0.25, -0.2) is 9.18 Å². The van der Waals surface area contributed by atoms with Crippen molar-refractivity contribution in [3.8, 4) is 0 Å². The molecular weight excluding hydrogens is 270 g/mol. The SMILES string of the molecule is O=C(OC/C=C(\F)C(F)(F)F)C(=O)N1CCCCC1. The lowest BCUT2D eigenvalue weighted by atomic mass is 10.1. The number of alkyl halides is 3. The minimum absolute atomic E-state index is 0.0708. The molecular formula is C11H13F4NO3. The number of hydrogen-bond acceptors (Lipinski definition) is 3. The van der Waals surface area contributed by atoms with Crippen molar-refractivity contribution in [3.63, 3.8) is 0 Å². The summed E-state index contributed by atoms with van der Waals surface area (Å²) in [7, 11) is 0. The molecule has 1 fully saturated rings. The monoisotopic (exact) mass is 283 g/mol. The van der Waals surface area contributed by atoms with Crippen LogP contribution in [0.25, 0.3) is 0 Å². The van der Waals surface area contributed by atoms with Crippen molar-refractivity contribution in [2.75, 3.05) is 19.7 Å². The molecule has 0 aromatic carbocycles. The van der Waals surface area contributed by atoms with Crippen LogP contribution in [0.1, 0.15) is 19.3 Å². The Morgan fingerprint density at radius 1 is 1.16 bits per heavy atom. The van der Waals surface area contributed by atoms with Gasteiger partial charge in [0.25, 0.3) is 0 Å². The van der Waals surface area contributed by atoms with Crippen LogP contribution in [0.2, 0.25) is 0 Å². The van der Waals surface area contributed by atoms with Gasteiger partial charge in [-0.1, -0.05) is 0 Å². The molecule has 0 spiro atoms. The fourth-order valence-electron chi connectivity index (χ4n) is 1.59. The summed E-state index contributed by atoms with van der Waals surface area (Å²) in [5.74, 6) is -4.53. The van der Waals surface area contributed by atoms with Crippen LogP contribution < -0.4 is 0 Å². The van der Waals surface area contributed by atoms with Gasteiger partial charge >= 0.3 is 18.1 Å². The Bertz CT molecular complexity index is 373. The second-order valence-electron chi connectivity index (χ2n) is 4.00. The second-order valence-corrected chi connectivity index (χ2v) is 4.00. The smallest absolute Gasteiger partial charge is 0.442 e. The van der Waals surface area contributed by atoms with E-state index in [1.165, 1.54) is 4.90 Å². The molecule has 0 bridgehead atoms. The normalized spacial score (nSPS) is 17.3. The summed E-state index contributed by atoms with van der Waals surface area (Å²) in [6.07, 6.45) is -2.55. The van der Waals surface area contributed by atoms with E-state index < -0.39 is 30.5 Å². The van der Waals surface area contributed by atoms with Gasteiger partial charge in [0, 0.05) is 13.1 Å². The molecule has 1 aliphatic rings. The first kappa shape index (κ1) is 15.5. The van der Waals surface area contributed by atoms with E-state index in [2.05, 4.69) is 4.74 Å². The maximum Gasteiger partial charge on any atom is 0.442 e. The molecule has 0 N–H and O–H groups in total. The zero-order valence-electron chi connectivity index (χ0n) is 10.0. The lowest BCUT2D eigenvalue weighted by Gasteiger charge is -2.25. The van der Waals surface area contributed by atoms with Crippen LogP contribution >= 0.6 is 0 Å². The number of halogens is 4. The third-order valence-corrected chi connectivity index (χ3v) is 2.57. The predicted octanol–water partition coefficient (Wildman–Crippen LogP) is 1.96. The van der Waals surface area contributed by atoms with E-state index in [1.54, 1.807) is 0 Å². The number of piperidine rings is 1. The van der Waals surface area contributed by atoms with Crippen LogP contribution in [0.15, 0.2) is 11.9 Å². The number of esters is 1. The van der Waals surface area contributed by atoms with E-state index in [-0.39, 0.29) is 6.08 Å². The Morgan fingerprint density at radius 2 is 1.74 bits per heavy atom. The summed E-state index contributed by atoms with van der Waals surface area (Å²) in [5, 5.41) is 0. The molecule has 0 atom stereocenters. The molecule has 1 rings (SSSR count). The quantitative estimate of drug-likeness (QED) is 0.442. The number of amides is 1. The number of hydrogen-bond donors (Lipinski definition) is 0. The summed E-state index contributed by atoms with van der Waals surface area (Å²) in [4.78, 5) is 24.0. The molecule has 1 aliphatic heterocycles. The van der Waals surface area contributed by atoms with E-state index in [1.807, 2.05) is 0 Å². The van der Waals surface area contributed by atoms with E-state index >= 15 is 0 Å². The van der Waals surface area contributed by atoms with Gasteiger partial charge in [-0.15, -0.1) is 0 Å². The first-order valence-corrected chi connectivity index (χ1v) is 5.71. The standard InChI is InChI=1S/C11H13F4NO3/c12-8(11(13,14)15)4-7-19-10(18)9(17)16-5-2-1-3-6-16/h4H,1-3,5-7H2/b8-4-. The molecule has 0 saturated carbocycles. The molecule has 0 radical (unpaired) electrons. The van der Waals surface area contributed by atoms with Crippen LogP contribution in [0.5, 0.6) is 0 Å². The topological polar surface area (TPSA) is 46.6 Å². The van der Waals surface area contributed by atoms with Crippen LogP contribution in [0.3, 0.4) is 0 Å². The zero-order chi connectivity index (χ0) is 14.5. The van der Waals surface area contributed by atoms with Crippen molar-refractivity contribution in [2.24, 2.45) is 0 Å². The minimum atomic E-state index is -5.11. The molecule has 8 heteroatoms. The highest BCUT2D eigenvalue weighted by atomic mass is 19.4. The third kappa shape index (κ3) is 4.88. The van der Waals surface area contributed by atoms with Crippen molar-refractivity contribution in [1.82, 2.24) is 4.90 Å². The van der Waals surface area contributed by atoms with Crippen LogP contribution in [0.4, 0.5) is 17.6 Å². The number of allylic oxidation sites excluding steroid dienone is 1. The zero-order valence-corrected chi connectivity index (χ0v) is 10.0. The Kier molecular flexibility index (Phi) is 5.31. The highest BCUT2D eigenvalue weighted by Gasteiger charge is 2.34. The Labute approximate surface area is 107 Å². The summed E-state index contributed by atoms with van der Waals surface area (Å²) in [6, 6.07) is 0. The van der Waals surface area contributed by atoms with Gasteiger partial charge in [0.2, 0.25) is 5.83 Å². The van der Waals surface area contributed by atoms with Gasteiger partial charge in [-0.3, -0.25) is 4.79 Å². The average molecular weight is 283 g/mol. The molecule has 108 valence electrons. The van der Waals surface area contributed by atoms with Crippen molar-refractivity contribution < 1.29 is 31.9 Å². The maximum atomic E-state index is 12.4. The largest absolute Gasteiger partial charge is 0.454 e. The molecule has 1 heterocycles. The summed E-state index contributed by atoms with van der Waals surface area (Å²) >= 11 is 0. The average Bonchev–Trinajstić information content (AvgIpc) is 2.37. The maximum absolute atomic E-state index is 12.4. The third-order valence-electron chi connectivity index (χ3n) is 2.57. The molecule has 1 saturated heterocycles. The van der Waals surface area contributed by atoms with Crippen molar-refractivity contribution in [1.29, 1.82) is 0 Å². The first-order valence-electron chi connectivity index (χ1n) is 5.71. The highest BCUT2D eigenvalue weighted by molar-refractivity contribution is 6.32. The Morgan fingerprint density at radius 3 is 2.26 bits per heavy atom. The summed E-state index contributed by atoms with van der Waals surface area (Å²) in [6.45, 7) is -0.0921. The van der Waals surface area contributed by atoms with Crippen molar-refractivity contribution in [3.05, 3.63) is 11.9 Å². The fraction of sp³-hybridized carbons (Fsp3) is 0.636. The van der Waals surface area contributed by atoms with Crippen molar-refractivity contribution >= 4 is 11.9 Å². The van der Waals surface area contributed by atoms with Gasteiger partial charge in [0.05, 0.1) is 0 Å². The van der Waals surface area contributed by atoms with Crippen LogP contribution in [0, 0.1) is 0 Å². The molecule has 0 unspecified atom stereocenters. The number of carbonyl (C=O) groups is 2. The number of rotatable bonds is 2. The highest BCUT2D eigenvalue weighted by Crippen LogP contribution is 2.25.